The molecule has 160 valence electrons. The second kappa shape index (κ2) is 9.25. The SMILES string of the molecule is Nc1cc(N2CCC(N3CCCC(C(=O)NCc4ccccn4)C3)CC2)nc(N)n1. The van der Waals surface area contributed by atoms with E-state index in [9.17, 15) is 4.79 Å². The van der Waals surface area contributed by atoms with Gasteiger partial charge < -0.3 is 21.7 Å². The van der Waals surface area contributed by atoms with Gasteiger partial charge in [-0.05, 0) is 44.4 Å². The number of aromatic nitrogens is 3. The van der Waals surface area contributed by atoms with Crippen molar-refractivity contribution in [1.82, 2.24) is 25.2 Å². The Morgan fingerprint density at radius 1 is 1.13 bits per heavy atom. The highest BCUT2D eigenvalue weighted by atomic mass is 16.1. The van der Waals surface area contributed by atoms with E-state index in [1.165, 1.54) is 0 Å². The number of pyridine rings is 1. The van der Waals surface area contributed by atoms with Gasteiger partial charge in [0, 0.05) is 37.9 Å². The van der Waals surface area contributed by atoms with Gasteiger partial charge in [0.2, 0.25) is 11.9 Å². The summed E-state index contributed by atoms with van der Waals surface area (Å²) in [5, 5.41) is 3.06. The highest BCUT2D eigenvalue weighted by Crippen LogP contribution is 2.26. The van der Waals surface area contributed by atoms with Gasteiger partial charge in [0.15, 0.2) is 0 Å². The molecule has 5 N–H and O–H groups in total. The predicted octanol–water partition coefficient (Wildman–Crippen LogP) is 1.03. The number of likely N-dealkylation sites (tertiary alicyclic amines) is 1. The Bertz CT molecular complexity index is 833. The topological polar surface area (TPSA) is 126 Å². The number of nitrogens with zero attached hydrogens (tertiary/aromatic N) is 5. The van der Waals surface area contributed by atoms with Crippen molar-refractivity contribution >= 4 is 23.5 Å². The Hall–Kier alpha value is -2.94. The molecule has 1 amide bonds. The molecule has 2 aliphatic rings. The second-order valence-corrected chi connectivity index (χ2v) is 8.10. The summed E-state index contributed by atoms with van der Waals surface area (Å²) in [6.07, 6.45) is 5.82. The van der Waals surface area contributed by atoms with Crippen molar-refractivity contribution in [2.75, 3.05) is 42.5 Å². The number of carbonyl (C=O) groups excluding carboxylic acids is 1. The summed E-state index contributed by atoms with van der Waals surface area (Å²) in [6, 6.07) is 8.02. The average molecular weight is 411 g/mol. The molecule has 2 saturated heterocycles. The molecule has 1 atom stereocenters. The highest BCUT2D eigenvalue weighted by Gasteiger charge is 2.32. The molecule has 4 heterocycles. The summed E-state index contributed by atoms with van der Waals surface area (Å²) in [5.41, 5.74) is 12.4. The summed E-state index contributed by atoms with van der Waals surface area (Å²) >= 11 is 0. The first kappa shape index (κ1) is 20.3. The van der Waals surface area contributed by atoms with E-state index in [2.05, 4.69) is 30.1 Å². The van der Waals surface area contributed by atoms with Crippen LogP contribution in [0.5, 0.6) is 0 Å². The van der Waals surface area contributed by atoms with Crippen LogP contribution in [0.15, 0.2) is 30.5 Å². The van der Waals surface area contributed by atoms with E-state index in [0.717, 1.165) is 63.4 Å². The van der Waals surface area contributed by atoms with Crippen molar-refractivity contribution in [3.8, 4) is 0 Å². The number of amides is 1. The maximum Gasteiger partial charge on any atom is 0.224 e. The monoisotopic (exact) mass is 410 g/mol. The summed E-state index contributed by atoms with van der Waals surface area (Å²) in [6.45, 7) is 4.16. The normalized spacial score (nSPS) is 20.8. The number of piperidine rings is 2. The minimum atomic E-state index is 0.0435. The van der Waals surface area contributed by atoms with Crippen molar-refractivity contribution in [1.29, 1.82) is 0 Å². The third-order valence-electron chi connectivity index (χ3n) is 6.05. The van der Waals surface area contributed by atoms with Gasteiger partial charge in [-0.2, -0.15) is 9.97 Å². The van der Waals surface area contributed by atoms with E-state index >= 15 is 0 Å². The Kier molecular flexibility index (Phi) is 6.27. The van der Waals surface area contributed by atoms with E-state index in [1.807, 2.05) is 18.2 Å². The largest absolute Gasteiger partial charge is 0.383 e. The molecule has 2 aromatic rings. The fourth-order valence-corrected chi connectivity index (χ4v) is 4.47. The lowest BCUT2D eigenvalue weighted by atomic mass is 9.93. The van der Waals surface area contributed by atoms with Crippen LogP contribution in [0.25, 0.3) is 0 Å². The van der Waals surface area contributed by atoms with Crippen LogP contribution in [0.4, 0.5) is 17.6 Å². The molecule has 9 nitrogen and oxygen atoms in total. The van der Waals surface area contributed by atoms with Crippen molar-refractivity contribution < 1.29 is 4.79 Å². The van der Waals surface area contributed by atoms with Crippen LogP contribution in [0.1, 0.15) is 31.4 Å². The Balaban J connectivity index is 1.28. The van der Waals surface area contributed by atoms with Gasteiger partial charge in [-0.15, -0.1) is 0 Å². The van der Waals surface area contributed by atoms with Crippen LogP contribution < -0.4 is 21.7 Å². The molecule has 0 aliphatic carbocycles. The number of hydrogen-bond donors (Lipinski definition) is 3. The summed E-state index contributed by atoms with van der Waals surface area (Å²) < 4.78 is 0. The van der Waals surface area contributed by atoms with Crippen LogP contribution in [0.3, 0.4) is 0 Å². The molecule has 4 rings (SSSR count). The lowest BCUT2D eigenvalue weighted by Crippen LogP contribution is -2.51. The van der Waals surface area contributed by atoms with E-state index in [1.54, 1.807) is 12.3 Å². The zero-order valence-corrected chi connectivity index (χ0v) is 17.2. The Morgan fingerprint density at radius 3 is 2.70 bits per heavy atom. The molecule has 0 spiro atoms. The molecular weight excluding hydrogens is 380 g/mol. The first-order chi connectivity index (χ1) is 14.6. The molecule has 30 heavy (non-hydrogen) atoms. The molecule has 0 aromatic carbocycles. The number of nitrogen functional groups attached to an aromatic ring is 2. The lowest BCUT2D eigenvalue weighted by Gasteiger charge is -2.42. The van der Waals surface area contributed by atoms with Gasteiger partial charge in [-0.3, -0.25) is 14.7 Å². The van der Waals surface area contributed by atoms with Crippen molar-refractivity contribution in [2.24, 2.45) is 5.92 Å². The molecule has 1 unspecified atom stereocenters. The lowest BCUT2D eigenvalue weighted by molar-refractivity contribution is -0.127. The quantitative estimate of drug-likeness (QED) is 0.667. The minimum Gasteiger partial charge on any atom is -0.383 e. The van der Waals surface area contributed by atoms with E-state index in [-0.39, 0.29) is 17.8 Å². The van der Waals surface area contributed by atoms with Crippen LogP contribution in [0, 0.1) is 5.92 Å². The summed E-state index contributed by atoms with van der Waals surface area (Å²) in [5.74, 6) is 1.58. The van der Waals surface area contributed by atoms with Gasteiger partial charge in [0.25, 0.3) is 0 Å². The molecule has 0 saturated carbocycles. The van der Waals surface area contributed by atoms with Gasteiger partial charge in [-0.1, -0.05) is 6.07 Å². The first-order valence-electron chi connectivity index (χ1n) is 10.6. The van der Waals surface area contributed by atoms with Gasteiger partial charge >= 0.3 is 0 Å². The fourth-order valence-electron chi connectivity index (χ4n) is 4.47. The van der Waals surface area contributed by atoms with Crippen LogP contribution in [-0.4, -0.2) is 58.0 Å². The predicted molar refractivity (Wildman–Crippen MR) is 116 cm³/mol. The maximum atomic E-state index is 12.7. The molecule has 9 heteroatoms. The number of nitrogens with two attached hydrogens (primary N) is 2. The maximum absolute atomic E-state index is 12.7. The first-order valence-corrected chi connectivity index (χ1v) is 10.6. The fraction of sp³-hybridized carbons (Fsp3) is 0.524. The number of nitrogens with one attached hydrogen (secondary N) is 1. The number of hydrogen-bond acceptors (Lipinski definition) is 8. The molecule has 0 radical (unpaired) electrons. The molecule has 2 aromatic heterocycles. The van der Waals surface area contributed by atoms with Gasteiger partial charge in [-0.25, -0.2) is 0 Å². The Morgan fingerprint density at radius 2 is 1.97 bits per heavy atom. The third-order valence-corrected chi connectivity index (χ3v) is 6.05. The smallest absolute Gasteiger partial charge is 0.224 e. The Labute approximate surface area is 176 Å². The van der Waals surface area contributed by atoms with Crippen molar-refractivity contribution in [3.05, 3.63) is 36.2 Å². The zero-order valence-electron chi connectivity index (χ0n) is 17.2. The van der Waals surface area contributed by atoms with Crippen LogP contribution >= 0.6 is 0 Å². The number of anilines is 3. The molecule has 2 aliphatic heterocycles. The third kappa shape index (κ3) is 4.96. The number of rotatable bonds is 5. The van der Waals surface area contributed by atoms with Gasteiger partial charge in [0.1, 0.15) is 11.6 Å². The average Bonchev–Trinajstić information content (AvgIpc) is 2.78. The van der Waals surface area contributed by atoms with Crippen LogP contribution in [-0.2, 0) is 11.3 Å². The van der Waals surface area contributed by atoms with Crippen molar-refractivity contribution in [3.63, 3.8) is 0 Å². The molecule has 0 bridgehead atoms. The van der Waals surface area contributed by atoms with E-state index in [0.29, 0.717) is 18.4 Å². The van der Waals surface area contributed by atoms with Crippen LogP contribution in [0.2, 0.25) is 0 Å². The van der Waals surface area contributed by atoms with E-state index in [4.69, 9.17) is 11.5 Å². The summed E-state index contributed by atoms with van der Waals surface area (Å²) in [7, 11) is 0. The van der Waals surface area contributed by atoms with E-state index < -0.39 is 0 Å². The molecular formula is C21H30N8O. The highest BCUT2D eigenvalue weighted by molar-refractivity contribution is 5.78. The van der Waals surface area contributed by atoms with Gasteiger partial charge in [0.05, 0.1) is 18.2 Å². The zero-order chi connectivity index (χ0) is 20.9. The minimum absolute atomic E-state index is 0.0435. The molecule has 2 fully saturated rings. The number of carbonyl (C=O) groups is 1. The standard InChI is InChI=1S/C21H30N8O/c22-18-12-19(27-21(23)26-18)28-10-6-17(7-11-28)29-9-3-4-15(14-29)20(30)25-13-16-5-1-2-8-24-16/h1-2,5,8,12,15,17H,3-4,6-7,9-11,13-14H2,(H,25,30)(H4,22,23,26,27). The summed E-state index contributed by atoms with van der Waals surface area (Å²) in [4.78, 5) is 29.9. The van der Waals surface area contributed by atoms with Crippen molar-refractivity contribution in [2.45, 2.75) is 38.3 Å². The second-order valence-electron chi connectivity index (χ2n) is 8.10.